The van der Waals surface area contributed by atoms with Crippen LogP contribution < -0.4 is 0 Å². The Morgan fingerprint density at radius 3 is 1.63 bits per heavy atom. The molecule has 0 heterocycles. The second-order valence-corrected chi connectivity index (χ2v) is 7.63. The summed E-state index contributed by atoms with van der Waals surface area (Å²) in [5, 5.41) is 0. The average molecular weight is 431 g/mol. The van der Waals surface area contributed by atoms with Crippen molar-refractivity contribution < 1.29 is 33.3 Å². The summed E-state index contributed by atoms with van der Waals surface area (Å²) in [6.45, 7) is 6.89. The average Bonchev–Trinajstić information content (AvgIpc) is 2.69. The van der Waals surface area contributed by atoms with Gasteiger partial charge in [-0.1, -0.05) is 51.9 Å². The summed E-state index contributed by atoms with van der Waals surface area (Å²) in [6, 6.07) is 0. The normalized spacial score (nSPS) is 11.6. The Labute approximate surface area is 182 Å². The lowest BCUT2D eigenvalue weighted by Gasteiger charge is -2.11. The molecule has 0 saturated carbocycles. The van der Waals surface area contributed by atoms with Crippen molar-refractivity contribution >= 4 is 18.1 Å². The molecule has 0 spiro atoms. The Kier molecular flexibility index (Phi) is 19.3. The molecular weight excluding hydrogens is 388 g/mol. The van der Waals surface area contributed by atoms with Gasteiger partial charge in [-0.3, -0.25) is 4.79 Å². The summed E-state index contributed by atoms with van der Waals surface area (Å²) >= 11 is 0. The van der Waals surface area contributed by atoms with Crippen LogP contribution in [0.5, 0.6) is 0 Å². The summed E-state index contributed by atoms with van der Waals surface area (Å²) in [6.07, 6.45) is 10.6. The van der Waals surface area contributed by atoms with Gasteiger partial charge < -0.3 is 18.9 Å². The second kappa shape index (κ2) is 20.5. The Morgan fingerprint density at radius 1 is 0.633 bits per heavy atom. The number of hydrogen-bond acceptors (Lipinski definition) is 7. The monoisotopic (exact) mass is 430 g/mol. The molecule has 0 amide bonds. The van der Waals surface area contributed by atoms with Crippen molar-refractivity contribution in [3.8, 4) is 0 Å². The molecule has 7 nitrogen and oxygen atoms in total. The fourth-order valence-corrected chi connectivity index (χ4v) is 3.07. The van der Waals surface area contributed by atoms with E-state index in [4.69, 9.17) is 18.9 Å². The number of carbonyl (C=O) groups excluding carboxylic acids is 3. The van der Waals surface area contributed by atoms with E-state index in [9.17, 15) is 14.4 Å². The van der Waals surface area contributed by atoms with Crippen LogP contribution in [0.1, 0.15) is 97.8 Å². The van der Waals surface area contributed by atoms with Crippen molar-refractivity contribution in [3.05, 3.63) is 0 Å². The molecule has 1 unspecified atom stereocenters. The van der Waals surface area contributed by atoms with Crippen LogP contribution in [0.3, 0.4) is 0 Å². The van der Waals surface area contributed by atoms with Crippen molar-refractivity contribution in [2.75, 3.05) is 26.4 Å². The van der Waals surface area contributed by atoms with E-state index >= 15 is 0 Å². The quantitative estimate of drug-likeness (QED) is 0.177. The predicted molar refractivity (Wildman–Crippen MR) is 116 cm³/mol. The van der Waals surface area contributed by atoms with Gasteiger partial charge in [-0.25, -0.2) is 9.59 Å². The number of rotatable bonds is 19. The van der Waals surface area contributed by atoms with E-state index in [1.54, 1.807) is 13.8 Å². The van der Waals surface area contributed by atoms with E-state index in [-0.39, 0.29) is 5.92 Å². The van der Waals surface area contributed by atoms with Gasteiger partial charge in [-0.15, -0.1) is 0 Å². The van der Waals surface area contributed by atoms with E-state index in [1.807, 2.05) is 6.92 Å². The van der Waals surface area contributed by atoms with Crippen LogP contribution in [0.25, 0.3) is 0 Å². The maximum absolute atomic E-state index is 12.0. The van der Waals surface area contributed by atoms with Gasteiger partial charge in [0, 0.05) is 12.8 Å². The Hall–Kier alpha value is -1.79. The van der Waals surface area contributed by atoms with Gasteiger partial charge in [0.05, 0.1) is 26.4 Å². The maximum atomic E-state index is 12.0. The number of hydrogen-bond donors (Lipinski definition) is 0. The first kappa shape index (κ1) is 28.2. The van der Waals surface area contributed by atoms with Crippen molar-refractivity contribution in [3.63, 3.8) is 0 Å². The molecule has 7 heteroatoms. The van der Waals surface area contributed by atoms with Gasteiger partial charge in [-0.05, 0) is 39.0 Å². The van der Waals surface area contributed by atoms with Gasteiger partial charge >= 0.3 is 12.3 Å². The molecule has 0 rings (SSSR count). The molecule has 176 valence electrons. The third-order valence-electron chi connectivity index (χ3n) is 4.75. The predicted octanol–water partition coefficient (Wildman–Crippen LogP) is 6.22. The second-order valence-electron chi connectivity index (χ2n) is 7.63. The summed E-state index contributed by atoms with van der Waals surface area (Å²) in [4.78, 5) is 34.1. The third kappa shape index (κ3) is 19.5. The molecule has 0 saturated heterocycles. The number of unbranched alkanes of at least 4 members (excludes halogenated alkanes) is 8. The number of ether oxygens (including phenoxy) is 4. The molecule has 0 aliphatic heterocycles. The zero-order valence-electron chi connectivity index (χ0n) is 19.2. The van der Waals surface area contributed by atoms with Crippen LogP contribution in [0.15, 0.2) is 0 Å². The Balaban J connectivity index is 3.38. The lowest BCUT2D eigenvalue weighted by Crippen LogP contribution is -2.12. The van der Waals surface area contributed by atoms with E-state index in [1.165, 1.54) is 25.7 Å². The first-order valence-corrected chi connectivity index (χ1v) is 11.6. The molecule has 0 radical (unpaired) electrons. The highest BCUT2D eigenvalue weighted by atomic mass is 16.7. The molecule has 0 aliphatic rings. The number of Topliss-reactive ketones (excluding diaryl/α,β-unsaturated/α-hetero) is 1. The Morgan fingerprint density at radius 2 is 1.10 bits per heavy atom. The fraction of sp³-hybridized carbons (Fsp3) is 0.870. The molecule has 0 aromatic heterocycles. The zero-order chi connectivity index (χ0) is 22.5. The van der Waals surface area contributed by atoms with Gasteiger partial charge in [0.15, 0.2) is 0 Å². The topological polar surface area (TPSA) is 88.1 Å². The largest absolute Gasteiger partial charge is 0.508 e. The first-order chi connectivity index (χ1) is 14.5. The summed E-state index contributed by atoms with van der Waals surface area (Å²) in [5.74, 6) is 0.512. The zero-order valence-corrected chi connectivity index (χ0v) is 19.2. The number of ketones is 1. The molecule has 0 fully saturated rings. The molecule has 0 aromatic rings. The fourth-order valence-electron chi connectivity index (χ4n) is 3.07. The maximum Gasteiger partial charge on any atom is 0.508 e. The van der Waals surface area contributed by atoms with E-state index in [0.717, 1.165) is 32.1 Å². The first-order valence-electron chi connectivity index (χ1n) is 11.6. The molecule has 0 bridgehead atoms. The standard InChI is InChI=1S/C23H42O7/c1-4-27-22(25)29-17-14-12-10-8-6-7-9-11-13-15-21(24)19-20(3)16-18-30-23(26)28-5-2/h20H,4-19H2,1-3H3. The van der Waals surface area contributed by atoms with Crippen molar-refractivity contribution in [1.29, 1.82) is 0 Å². The molecule has 30 heavy (non-hydrogen) atoms. The lowest BCUT2D eigenvalue weighted by molar-refractivity contribution is -0.120. The van der Waals surface area contributed by atoms with Crippen LogP contribution in [0, 0.1) is 5.92 Å². The molecule has 0 aliphatic carbocycles. The van der Waals surface area contributed by atoms with Crippen molar-refractivity contribution in [2.45, 2.75) is 97.8 Å². The minimum Gasteiger partial charge on any atom is -0.435 e. The van der Waals surface area contributed by atoms with Crippen molar-refractivity contribution in [2.24, 2.45) is 5.92 Å². The van der Waals surface area contributed by atoms with Crippen LogP contribution in [-0.2, 0) is 23.7 Å². The van der Waals surface area contributed by atoms with Crippen LogP contribution in [0.2, 0.25) is 0 Å². The molecule has 0 aromatic carbocycles. The lowest BCUT2D eigenvalue weighted by atomic mass is 9.98. The van der Waals surface area contributed by atoms with E-state index in [0.29, 0.717) is 51.5 Å². The van der Waals surface area contributed by atoms with Gasteiger partial charge in [-0.2, -0.15) is 0 Å². The highest BCUT2D eigenvalue weighted by Crippen LogP contribution is 2.14. The van der Waals surface area contributed by atoms with Crippen LogP contribution in [0.4, 0.5) is 9.59 Å². The van der Waals surface area contributed by atoms with Crippen LogP contribution >= 0.6 is 0 Å². The van der Waals surface area contributed by atoms with Gasteiger partial charge in [0.25, 0.3) is 0 Å². The summed E-state index contributed by atoms with van der Waals surface area (Å²) in [7, 11) is 0. The highest BCUT2D eigenvalue weighted by Gasteiger charge is 2.11. The minimum absolute atomic E-state index is 0.217. The number of carbonyl (C=O) groups is 3. The van der Waals surface area contributed by atoms with Gasteiger partial charge in [0.2, 0.25) is 0 Å². The van der Waals surface area contributed by atoms with Crippen LogP contribution in [-0.4, -0.2) is 44.5 Å². The SMILES string of the molecule is CCOC(=O)OCCCCCCCCCCCC(=O)CC(C)CCOC(=O)OCC. The smallest absolute Gasteiger partial charge is 0.435 e. The minimum atomic E-state index is -0.640. The molecule has 1 atom stereocenters. The van der Waals surface area contributed by atoms with Crippen molar-refractivity contribution in [1.82, 2.24) is 0 Å². The van der Waals surface area contributed by atoms with Gasteiger partial charge in [0.1, 0.15) is 5.78 Å². The Bertz CT molecular complexity index is 451. The third-order valence-corrected chi connectivity index (χ3v) is 4.75. The van der Waals surface area contributed by atoms with E-state index < -0.39 is 12.3 Å². The van der Waals surface area contributed by atoms with E-state index in [2.05, 4.69) is 0 Å². The highest BCUT2D eigenvalue weighted by molar-refractivity contribution is 5.78. The molecule has 0 N–H and O–H groups in total. The summed E-state index contributed by atoms with van der Waals surface area (Å²) in [5.41, 5.74) is 0. The molecular formula is C23H42O7. The summed E-state index contributed by atoms with van der Waals surface area (Å²) < 4.78 is 19.2.